The minimum atomic E-state index is -4.73. The predicted octanol–water partition coefficient (Wildman–Crippen LogP) is 3.32. The molecule has 0 aliphatic rings. The molecule has 1 N–H and O–H groups in total. The molecule has 2 aromatic rings. The van der Waals surface area contributed by atoms with Crippen molar-refractivity contribution in [3.63, 3.8) is 0 Å². The van der Waals surface area contributed by atoms with Crippen molar-refractivity contribution >= 4 is 33.3 Å². The van der Waals surface area contributed by atoms with Gasteiger partial charge in [0.15, 0.2) is 0 Å². The molecule has 6 nitrogen and oxygen atoms in total. The van der Waals surface area contributed by atoms with Gasteiger partial charge in [0.25, 0.3) is 0 Å². The second kappa shape index (κ2) is 7.83. The normalized spacial score (nSPS) is 12.3. The van der Waals surface area contributed by atoms with E-state index in [4.69, 9.17) is 11.6 Å². The van der Waals surface area contributed by atoms with Gasteiger partial charge in [-0.15, -0.1) is 0 Å². The van der Waals surface area contributed by atoms with E-state index < -0.39 is 39.1 Å². The maximum Gasteiger partial charge on any atom is 0.416 e. The third-order valence-corrected chi connectivity index (χ3v) is 5.75. The van der Waals surface area contributed by atoms with Gasteiger partial charge in [0.2, 0.25) is 15.9 Å². The maximum absolute atomic E-state index is 12.9. The quantitative estimate of drug-likeness (QED) is 0.803. The average molecular weight is 422 g/mol. The third kappa shape index (κ3) is 5.18. The lowest BCUT2D eigenvalue weighted by Gasteiger charge is -2.18. The Morgan fingerprint density at radius 2 is 1.93 bits per heavy atom. The first-order chi connectivity index (χ1) is 12.4. The van der Waals surface area contributed by atoms with Gasteiger partial charge < -0.3 is 5.32 Å². The largest absolute Gasteiger partial charge is 0.416 e. The van der Waals surface area contributed by atoms with Crippen LogP contribution in [0.5, 0.6) is 0 Å². The molecule has 0 bridgehead atoms. The lowest BCUT2D eigenvalue weighted by atomic mass is 10.2. The van der Waals surface area contributed by atoms with Gasteiger partial charge in [0, 0.05) is 12.7 Å². The SMILES string of the molecule is Cc1cccc(NC(=O)CN(C)S(=O)(=O)c2cc(C(F)(F)F)ccc2Cl)n1. The Morgan fingerprint density at radius 1 is 1.26 bits per heavy atom. The summed E-state index contributed by atoms with van der Waals surface area (Å²) in [5, 5.41) is 2.04. The number of aromatic nitrogens is 1. The molecule has 2 rings (SSSR count). The standard InChI is InChI=1S/C16H15ClF3N3O3S/c1-10-4-3-5-14(21-10)22-15(24)9-23(2)27(25,26)13-8-11(16(18,19)20)6-7-12(13)17/h3-8H,9H2,1-2H3,(H,21,22,24). The number of hydrogen-bond donors (Lipinski definition) is 1. The number of hydrogen-bond acceptors (Lipinski definition) is 4. The van der Waals surface area contributed by atoms with Crippen molar-refractivity contribution in [1.29, 1.82) is 0 Å². The van der Waals surface area contributed by atoms with Crippen molar-refractivity contribution in [2.75, 3.05) is 18.9 Å². The Balaban J connectivity index is 2.22. The predicted molar refractivity (Wildman–Crippen MR) is 93.9 cm³/mol. The van der Waals surface area contributed by atoms with Crippen molar-refractivity contribution < 1.29 is 26.4 Å². The number of halogens is 4. The molecule has 11 heteroatoms. The van der Waals surface area contributed by atoms with Crippen LogP contribution >= 0.6 is 11.6 Å². The molecule has 0 saturated heterocycles. The van der Waals surface area contributed by atoms with E-state index in [-0.39, 0.29) is 10.8 Å². The molecule has 1 heterocycles. The van der Waals surface area contributed by atoms with E-state index in [0.717, 1.165) is 13.1 Å². The summed E-state index contributed by atoms with van der Waals surface area (Å²) in [7, 11) is -3.36. The summed E-state index contributed by atoms with van der Waals surface area (Å²) in [5.74, 6) is -0.481. The van der Waals surface area contributed by atoms with Crippen molar-refractivity contribution in [2.24, 2.45) is 0 Å². The minimum absolute atomic E-state index is 0.225. The van der Waals surface area contributed by atoms with Gasteiger partial charge in [-0.3, -0.25) is 4.79 Å². The molecular weight excluding hydrogens is 407 g/mol. The first kappa shape index (κ1) is 21.1. The lowest BCUT2D eigenvalue weighted by Crippen LogP contribution is -2.35. The van der Waals surface area contributed by atoms with E-state index in [1.54, 1.807) is 19.1 Å². The number of aryl methyl sites for hydroxylation is 1. The Morgan fingerprint density at radius 3 is 2.52 bits per heavy atom. The second-order valence-corrected chi connectivity index (χ2v) is 8.04. The molecule has 0 radical (unpaired) electrons. The summed E-state index contributed by atoms with van der Waals surface area (Å²) < 4.78 is 64.3. The number of carbonyl (C=O) groups excluding carboxylic acids is 1. The summed E-state index contributed by atoms with van der Waals surface area (Å²) >= 11 is 5.77. The molecule has 0 unspecified atom stereocenters. The molecule has 27 heavy (non-hydrogen) atoms. The molecule has 1 amide bonds. The van der Waals surface area contributed by atoms with Crippen LogP contribution in [0.2, 0.25) is 5.02 Å². The number of sulfonamides is 1. The van der Waals surface area contributed by atoms with E-state index in [1.807, 2.05) is 0 Å². The number of amides is 1. The molecule has 0 aliphatic heterocycles. The van der Waals surface area contributed by atoms with E-state index in [2.05, 4.69) is 10.3 Å². The highest BCUT2D eigenvalue weighted by molar-refractivity contribution is 7.89. The monoisotopic (exact) mass is 421 g/mol. The maximum atomic E-state index is 12.9. The second-order valence-electron chi connectivity index (χ2n) is 5.62. The van der Waals surface area contributed by atoms with Gasteiger partial charge in [-0.05, 0) is 37.3 Å². The molecule has 0 atom stereocenters. The van der Waals surface area contributed by atoms with Gasteiger partial charge in [-0.1, -0.05) is 17.7 Å². The van der Waals surface area contributed by atoms with Crippen molar-refractivity contribution in [3.05, 3.63) is 52.7 Å². The summed E-state index contributed by atoms with van der Waals surface area (Å²) in [6.45, 7) is 1.08. The number of carbonyl (C=O) groups is 1. The number of nitrogens with one attached hydrogen (secondary N) is 1. The number of pyridine rings is 1. The van der Waals surface area contributed by atoms with Gasteiger partial charge in [-0.25, -0.2) is 13.4 Å². The van der Waals surface area contributed by atoms with Crippen molar-refractivity contribution in [2.45, 2.75) is 18.0 Å². The zero-order valence-electron chi connectivity index (χ0n) is 14.2. The number of anilines is 1. The van der Waals surface area contributed by atoms with Crippen LogP contribution in [0.4, 0.5) is 19.0 Å². The fraction of sp³-hybridized carbons (Fsp3) is 0.250. The smallest absolute Gasteiger partial charge is 0.310 e. The van der Waals surface area contributed by atoms with Crippen LogP contribution in [0, 0.1) is 6.92 Å². The first-order valence-electron chi connectivity index (χ1n) is 7.48. The van der Waals surface area contributed by atoms with Crippen LogP contribution in [0.25, 0.3) is 0 Å². The Labute approximate surface area is 159 Å². The molecule has 1 aromatic heterocycles. The van der Waals surface area contributed by atoms with Crippen LogP contribution < -0.4 is 5.32 Å². The van der Waals surface area contributed by atoms with E-state index in [9.17, 15) is 26.4 Å². The Hall–Kier alpha value is -2.17. The van der Waals surface area contributed by atoms with E-state index in [1.165, 1.54) is 6.07 Å². The zero-order valence-corrected chi connectivity index (χ0v) is 15.8. The van der Waals surface area contributed by atoms with Crippen LogP contribution in [-0.4, -0.2) is 37.2 Å². The van der Waals surface area contributed by atoms with Crippen LogP contribution in [0.15, 0.2) is 41.3 Å². The Kier molecular flexibility index (Phi) is 6.13. The van der Waals surface area contributed by atoms with Gasteiger partial charge >= 0.3 is 6.18 Å². The van der Waals surface area contributed by atoms with Crippen molar-refractivity contribution in [1.82, 2.24) is 9.29 Å². The average Bonchev–Trinajstić information content (AvgIpc) is 2.53. The number of alkyl halides is 3. The van der Waals surface area contributed by atoms with Crippen LogP contribution in [0.3, 0.4) is 0 Å². The number of benzene rings is 1. The van der Waals surface area contributed by atoms with Crippen LogP contribution in [0.1, 0.15) is 11.3 Å². The molecule has 0 spiro atoms. The van der Waals surface area contributed by atoms with Crippen molar-refractivity contribution in [3.8, 4) is 0 Å². The summed E-state index contributed by atoms with van der Waals surface area (Å²) in [6.07, 6.45) is -4.73. The third-order valence-electron chi connectivity index (χ3n) is 3.47. The van der Waals surface area contributed by atoms with Gasteiger partial charge in [-0.2, -0.15) is 17.5 Å². The molecule has 146 valence electrons. The topological polar surface area (TPSA) is 79.4 Å². The highest BCUT2D eigenvalue weighted by atomic mass is 35.5. The van der Waals surface area contributed by atoms with Gasteiger partial charge in [0.05, 0.1) is 17.1 Å². The molecule has 1 aromatic carbocycles. The number of nitrogens with zero attached hydrogens (tertiary/aromatic N) is 2. The minimum Gasteiger partial charge on any atom is -0.310 e. The first-order valence-corrected chi connectivity index (χ1v) is 9.29. The Bertz CT molecular complexity index is 965. The highest BCUT2D eigenvalue weighted by Crippen LogP contribution is 2.34. The van der Waals surface area contributed by atoms with Gasteiger partial charge in [0.1, 0.15) is 10.7 Å². The van der Waals surface area contributed by atoms with E-state index >= 15 is 0 Å². The molecule has 0 saturated carbocycles. The highest BCUT2D eigenvalue weighted by Gasteiger charge is 2.34. The molecule has 0 aliphatic carbocycles. The molecule has 0 fully saturated rings. The van der Waals surface area contributed by atoms with Crippen LogP contribution in [-0.2, 0) is 21.0 Å². The lowest BCUT2D eigenvalue weighted by molar-refractivity contribution is -0.137. The summed E-state index contributed by atoms with van der Waals surface area (Å²) in [6, 6.07) is 6.85. The molecular formula is C16H15ClF3N3O3S. The number of likely N-dealkylation sites (N-methyl/N-ethyl adjacent to an activating group) is 1. The summed E-state index contributed by atoms with van der Waals surface area (Å²) in [4.78, 5) is 15.4. The number of rotatable bonds is 5. The van der Waals surface area contributed by atoms with E-state index in [0.29, 0.717) is 22.1 Å². The summed E-state index contributed by atoms with van der Waals surface area (Å²) in [5.41, 5.74) is -0.517. The fourth-order valence-electron chi connectivity index (χ4n) is 2.13. The zero-order chi connectivity index (χ0) is 20.4. The fourth-order valence-corrected chi connectivity index (χ4v) is 3.75.